The average Bonchev–Trinajstić information content (AvgIpc) is 3.08. The van der Waals surface area contributed by atoms with Gasteiger partial charge in [-0.3, -0.25) is 14.4 Å². The van der Waals surface area contributed by atoms with E-state index in [-0.39, 0.29) is 24.3 Å². The van der Waals surface area contributed by atoms with Gasteiger partial charge in [-0.05, 0) is 25.1 Å². The van der Waals surface area contributed by atoms with Crippen molar-refractivity contribution in [2.75, 3.05) is 19.4 Å². The molecule has 0 fully saturated rings. The van der Waals surface area contributed by atoms with E-state index in [0.717, 1.165) is 11.8 Å². The minimum Gasteiger partial charge on any atom is -0.358 e. The Bertz CT molecular complexity index is 811. The van der Waals surface area contributed by atoms with Gasteiger partial charge >= 0.3 is 0 Å². The van der Waals surface area contributed by atoms with E-state index in [1.165, 1.54) is 17.4 Å². The molecule has 1 heterocycles. The van der Waals surface area contributed by atoms with Crippen LogP contribution in [0.15, 0.2) is 36.4 Å². The van der Waals surface area contributed by atoms with E-state index in [2.05, 4.69) is 16.0 Å². The molecule has 0 aliphatic carbocycles. The molecule has 0 aliphatic heterocycles. The number of hydrogen-bond donors (Lipinski definition) is 3. The van der Waals surface area contributed by atoms with Crippen LogP contribution in [0.5, 0.6) is 0 Å². The van der Waals surface area contributed by atoms with Crippen LogP contribution >= 0.6 is 22.9 Å². The molecule has 0 aliphatic rings. The van der Waals surface area contributed by atoms with Crippen molar-refractivity contribution in [1.29, 1.82) is 0 Å². The van der Waals surface area contributed by atoms with Gasteiger partial charge in [0.05, 0.1) is 22.4 Å². The Labute approximate surface area is 178 Å². The normalized spacial score (nSPS) is 10.9. The molecule has 0 saturated carbocycles. The summed E-state index contributed by atoms with van der Waals surface area (Å²) in [4.78, 5) is 43.5. The highest BCUT2D eigenvalue weighted by Gasteiger charge is 2.13. The SMILES string of the molecule is CNC(=O)C(CCC=O)NC.O=Cc1cc(Cl)sc1NC(=O)Cc1ccccc1. The third-order valence-corrected chi connectivity index (χ3v) is 5.00. The third kappa shape index (κ3) is 8.99. The maximum atomic E-state index is 11.8. The van der Waals surface area contributed by atoms with Crippen molar-refractivity contribution in [2.45, 2.75) is 25.3 Å². The van der Waals surface area contributed by atoms with E-state index in [1.54, 1.807) is 14.1 Å². The lowest BCUT2D eigenvalue weighted by molar-refractivity contribution is -0.122. The van der Waals surface area contributed by atoms with E-state index in [4.69, 9.17) is 11.6 Å². The second-order valence-corrected chi connectivity index (χ2v) is 7.55. The van der Waals surface area contributed by atoms with Gasteiger partial charge in [-0.25, -0.2) is 0 Å². The Morgan fingerprint density at radius 3 is 2.41 bits per heavy atom. The topological polar surface area (TPSA) is 104 Å². The number of amides is 2. The number of thiophene rings is 1. The number of benzene rings is 1. The molecule has 0 saturated heterocycles. The maximum absolute atomic E-state index is 11.8. The molecule has 7 nitrogen and oxygen atoms in total. The lowest BCUT2D eigenvalue weighted by Crippen LogP contribution is -2.40. The van der Waals surface area contributed by atoms with Crippen LogP contribution in [0, 0.1) is 0 Å². The van der Waals surface area contributed by atoms with Crippen LogP contribution in [-0.4, -0.2) is 44.5 Å². The molecular weight excluding hydrogens is 414 g/mol. The second kappa shape index (κ2) is 13.6. The lowest BCUT2D eigenvalue weighted by Gasteiger charge is -2.11. The molecule has 3 N–H and O–H groups in total. The summed E-state index contributed by atoms with van der Waals surface area (Å²) in [7, 11) is 3.28. The van der Waals surface area contributed by atoms with Gasteiger partial charge in [0.2, 0.25) is 11.8 Å². The van der Waals surface area contributed by atoms with Gasteiger partial charge in [-0.1, -0.05) is 41.9 Å². The van der Waals surface area contributed by atoms with Crippen LogP contribution in [0.3, 0.4) is 0 Å². The zero-order valence-electron chi connectivity index (χ0n) is 16.2. The van der Waals surface area contributed by atoms with E-state index in [1.807, 2.05) is 30.3 Å². The third-order valence-electron chi connectivity index (χ3n) is 3.80. The molecule has 1 unspecified atom stereocenters. The molecule has 29 heavy (non-hydrogen) atoms. The molecule has 1 atom stereocenters. The fourth-order valence-corrected chi connectivity index (χ4v) is 3.45. The zero-order valence-corrected chi connectivity index (χ0v) is 17.8. The summed E-state index contributed by atoms with van der Waals surface area (Å²) < 4.78 is 0.479. The van der Waals surface area contributed by atoms with Crippen LogP contribution < -0.4 is 16.0 Å². The van der Waals surface area contributed by atoms with Crippen molar-refractivity contribution in [1.82, 2.24) is 10.6 Å². The number of carbonyl (C=O) groups is 4. The first-order valence-corrected chi connectivity index (χ1v) is 10.0. The Balaban J connectivity index is 0.000000331. The van der Waals surface area contributed by atoms with Crippen LogP contribution in [0.25, 0.3) is 0 Å². The number of anilines is 1. The Kier molecular flexibility index (Phi) is 11.5. The van der Waals surface area contributed by atoms with E-state index in [0.29, 0.717) is 34.0 Å². The zero-order chi connectivity index (χ0) is 21.6. The van der Waals surface area contributed by atoms with Crippen molar-refractivity contribution in [3.63, 3.8) is 0 Å². The molecule has 9 heteroatoms. The number of halogens is 1. The fraction of sp³-hybridized carbons (Fsp3) is 0.300. The number of aldehydes is 2. The van der Waals surface area contributed by atoms with Gasteiger partial charge in [0, 0.05) is 13.5 Å². The summed E-state index contributed by atoms with van der Waals surface area (Å²) in [6, 6.07) is 10.7. The van der Waals surface area contributed by atoms with Gasteiger partial charge in [0.15, 0.2) is 6.29 Å². The highest BCUT2D eigenvalue weighted by molar-refractivity contribution is 7.20. The quantitative estimate of drug-likeness (QED) is 0.523. The summed E-state index contributed by atoms with van der Waals surface area (Å²) in [5, 5.41) is 8.52. The number of likely N-dealkylation sites (N-methyl/N-ethyl adjacent to an activating group) is 2. The summed E-state index contributed by atoms with van der Waals surface area (Å²) in [6.45, 7) is 0. The molecule has 1 aromatic carbocycles. The smallest absolute Gasteiger partial charge is 0.236 e. The predicted molar refractivity (Wildman–Crippen MR) is 116 cm³/mol. The van der Waals surface area contributed by atoms with Gasteiger partial charge in [0.25, 0.3) is 0 Å². The fourth-order valence-electron chi connectivity index (χ4n) is 2.33. The molecule has 0 radical (unpaired) electrons. The monoisotopic (exact) mass is 437 g/mol. The molecular formula is C20H24ClN3O4S. The molecule has 0 spiro atoms. The molecule has 2 rings (SSSR count). The summed E-state index contributed by atoms with van der Waals surface area (Å²) in [5.74, 6) is -0.239. The summed E-state index contributed by atoms with van der Waals surface area (Å²) in [5.41, 5.74) is 1.33. The van der Waals surface area contributed by atoms with E-state index < -0.39 is 0 Å². The largest absolute Gasteiger partial charge is 0.358 e. The minimum atomic E-state index is -0.245. The van der Waals surface area contributed by atoms with Crippen molar-refractivity contribution in [2.24, 2.45) is 0 Å². The highest BCUT2D eigenvalue weighted by atomic mass is 35.5. The average molecular weight is 438 g/mol. The van der Waals surface area contributed by atoms with Gasteiger partial charge in [-0.15, -0.1) is 11.3 Å². The first-order chi connectivity index (χ1) is 13.9. The number of hydrogen-bond acceptors (Lipinski definition) is 6. The van der Waals surface area contributed by atoms with Crippen LogP contribution in [0.1, 0.15) is 28.8 Å². The molecule has 2 aromatic rings. The second-order valence-electron chi connectivity index (χ2n) is 5.86. The van der Waals surface area contributed by atoms with Crippen LogP contribution in [0.2, 0.25) is 4.34 Å². The number of carbonyl (C=O) groups excluding carboxylic acids is 4. The minimum absolute atomic E-state index is 0.0747. The molecule has 156 valence electrons. The van der Waals surface area contributed by atoms with Crippen molar-refractivity contribution < 1.29 is 19.2 Å². The van der Waals surface area contributed by atoms with Crippen molar-refractivity contribution in [3.8, 4) is 0 Å². The molecule has 2 amide bonds. The summed E-state index contributed by atoms with van der Waals surface area (Å²) in [6.07, 6.45) is 2.74. The standard InChI is InChI=1S/C13H10ClNO2S.C7H14N2O2/c14-11-7-10(8-16)13(18-11)15-12(17)6-9-4-2-1-3-5-9;1-8-6(4-3-5-10)7(11)9-2/h1-5,7-8H,6H2,(H,15,17);5-6,8H,3-4H2,1-2H3,(H,9,11). The molecule has 1 aromatic heterocycles. The Hall–Kier alpha value is -2.55. The van der Waals surface area contributed by atoms with Crippen molar-refractivity contribution >= 4 is 52.3 Å². The maximum Gasteiger partial charge on any atom is 0.236 e. The number of nitrogens with one attached hydrogen (secondary N) is 3. The van der Waals surface area contributed by atoms with Crippen LogP contribution in [-0.2, 0) is 20.8 Å². The molecule has 0 bridgehead atoms. The van der Waals surface area contributed by atoms with Crippen molar-refractivity contribution in [3.05, 3.63) is 51.9 Å². The predicted octanol–water partition coefficient (Wildman–Crippen LogP) is 2.69. The Morgan fingerprint density at radius 1 is 1.17 bits per heavy atom. The van der Waals surface area contributed by atoms with E-state index >= 15 is 0 Å². The van der Waals surface area contributed by atoms with Gasteiger partial charge < -0.3 is 20.7 Å². The lowest BCUT2D eigenvalue weighted by atomic mass is 10.1. The van der Waals surface area contributed by atoms with Crippen LogP contribution in [0.4, 0.5) is 5.00 Å². The first kappa shape index (κ1) is 24.5. The van der Waals surface area contributed by atoms with Gasteiger partial charge in [0.1, 0.15) is 11.3 Å². The van der Waals surface area contributed by atoms with E-state index in [9.17, 15) is 19.2 Å². The summed E-state index contributed by atoms with van der Waals surface area (Å²) >= 11 is 6.98. The Morgan fingerprint density at radius 2 is 1.86 bits per heavy atom. The highest BCUT2D eigenvalue weighted by Crippen LogP contribution is 2.30. The first-order valence-electron chi connectivity index (χ1n) is 8.85. The number of rotatable bonds is 9. The van der Waals surface area contributed by atoms with Gasteiger partial charge in [-0.2, -0.15) is 0 Å².